The van der Waals surface area contributed by atoms with Crippen LogP contribution in [0.4, 0.5) is 0 Å². The van der Waals surface area contributed by atoms with Crippen molar-refractivity contribution < 1.29 is 4.79 Å². The summed E-state index contributed by atoms with van der Waals surface area (Å²) in [4.78, 5) is 14.8. The second-order valence-electron chi connectivity index (χ2n) is 5.67. The van der Waals surface area contributed by atoms with Gasteiger partial charge in [-0.2, -0.15) is 0 Å². The predicted octanol–water partition coefficient (Wildman–Crippen LogP) is 2.84. The maximum atomic E-state index is 12.8. The lowest BCUT2D eigenvalue weighted by Crippen LogP contribution is -2.50. The summed E-state index contributed by atoms with van der Waals surface area (Å²) in [5.74, 6) is 0.925. The Hall–Kier alpha value is -1.35. The fourth-order valence-corrected chi connectivity index (χ4v) is 2.97. The lowest BCUT2D eigenvalue weighted by molar-refractivity contribution is -0.139. The Balaban J connectivity index is 2.14. The maximum Gasteiger partial charge on any atom is 0.226 e. The molecule has 1 aromatic carbocycles. The monoisotopic (exact) mass is 274 g/mol. The third kappa shape index (κ3) is 3.04. The van der Waals surface area contributed by atoms with E-state index in [-0.39, 0.29) is 12.0 Å². The smallest absolute Gasteiger partial charge is 0.226 e. The first kappa shape index (κ1) is 15.0. The van der Waals surface area contributed by atoms with E-state index >= 15 is 0 Å². The first-order valence-electron chi connectivity index (χ1n) is 7.75. The topological polar surface area (TPSA) is 32.3 Å². The summed E-state index contributed by atoms with van der Waals surface area (Å²) in [7, 11) is 0. The molecule has 20 heavy (non-hydrogen) atoms. The fraction of sp³-hybridized carbons (Fsp3) is 0.588. The molecular weight excluding hydrogens is 248 g/mol. The standard InChI is InChI=1S/C17H26N2O/c1-4-16(14-9-7-6-8-10-14)19(5-2)17(20)13(3)15-11-18-12-15/h6-10,13,15-16,18H,4-5,11-12H2,1-3H3. The number of benzene rings is 1. The SMILES string of the molecule is CCC(c1ccccc1)N(CC)C(=O)C(C)C1CNC1. The normalized spacial score (nSPS) is 18.1. The van der Waals surface area contributed by atoms with Crippen molar-refractivity contribution in [3.63, 3.8) is 0 Å². The first-order valence-corrected chi connectivity index (χ1v) is 7.75. The first-order chi connectivity index (χ1) is 9.69. The molecule has 1 amide bonds. The van der Waals surface area contributed by atoms with Crippen LogP contribution >= 0.6 is 0 Å². The summed E-state index contributed by atoms with van der Waals surface area (Å²) < 4.78 is 0. The molecule has 0 radical (unpaired) electrons. The maximum absolute atomic E-state index is 12.8. The Morgan fingerprint density at radius 3 is 2.40 bits per heavy atom. The minimum absolute atomic E-state index is 0.119. The van der Waals surface area contributed by atoms with Gasteiger partial charge in [0, 0.05) is 12.5 Å². The number of rotatable bonds is 6. The molecule has 3 nitrogen and oxygen atoms in total. The Kier molecular flexibility index (Phi) is 5.18. The zero-order valence-electron chi connectivity index (χ0n) is 12.8. The van der Waals surface area contributed by atoms with Crippen LogP contribution in [-0.4, -0.2) is 30.4 Å². The predicted molar refractivity (Wildman–Crippen MR) is 82.4 cm³/mol. The molecule has 0 bridgehead atoms. The van der Waals surface area contributed by atoms with Crippen LogP contribution in [0.1, 0.15) is 38.8 Å². The van der Waals surface area contributed by atoms with Crippen molar-refractivity contribution in [2.24, 2.45) is 11.8 Å². The number of hydrogen-bond donors (Lipinski definition) is 1. The summed E-state index contributed by atoms with van der Waals surface area (Å²) in [6.07, 6.45) is 0.958. The number of hydrogen-bond acceptors (Lipinski definition) is 2. The van der Waals surface area contributed by atoms with Gasteiger partial charge in [-0.1, -0.05) is 44.2 Å². The summed E-state index contributed by atoms with van der Waals surface area (Å²) in [5.41, 5.74) is 1.24. The van der Waals surface area contributed by atoms with Crippen LogP contribution in [0.2, 0.25) is 0 Å². The van der Waals surface area contributed by atoms with Gasteiger partial charge in [0.2, 0.25) is 5.91 Å². The van der Waals surface area contributed by atoms with E-state index in [9.17, 15) is 4.79 Å². The highest BCUT2D eigenvalue weighted by Gasteiger charge is 2.33. The summed E-state index contributed by atoms with van der Waals surface area (Å²) in [6, 6.07) is 10.6. The molecular formula is C17H26N2O. The van der Waals surface area contributed by atoms with E-state index in [2.05, 4.69) is 55.3 Å². The number of amides is 1. The molecule has 1 heterocycles. The third-order valence-corrected chi connectivity index (χ3v) is 4.48. The van der Waals surface area contributed by atoms with Gasteiger partial charge in [-0.15, -0.1) is 0 Å². The average Bonchev–Trinajstić information content (AvgIpc) is 2.43. The van der Waals surface area contributed by atoms with Gasteiger partial charge in [-0.05, 0) is 37.9 Å². The second-order valence-corrected chi connectivity index (χ2v) is 5.67. The van der Waals surface area contributed by atoms with Crippen molar-refractivity contribution in [2.75, 3.05) is 19.6 Å². The molecule has 2 atom stereocenters. The molecule has 0 spiro atoms. The zero-order valence-corrected chi connectivity index (χ0v) is 12.8. The zero-order chi connectivity index (χ0) is 14.5. The highest BCUT2D eigenvalue weighted by atomic mass is 16.2. The van der Waals surface area contributed by atoms with Crippen LogP contribution < -0.4 is 5.32 Å². The summed E-state index contributed by atoms with van der Waals surface area (Å²) in [5, 5.41) is 3.26. The van der Waals surface area contributed by atoms with E-state index in [1.165, 1.54) is 5.56 Å². The van der Waals surface area contributed by atoms with Gasteiger partial charge in [0.25, 0.3) is 0 Å². The second kappa shape index (κ2) is 6.89. The fourth-order valence-electron chi connectivity index (χ4n) is 2.97. The lowest BCUT2D eigenvalue weighted by Gasteiger charge is -2.38. The Labute approximate surface area is 122 Å². The molecule has 3 heteroatoms. The molecule has 1 saturated heterocycles. The van der Waals surface area contributed by atoms with Gasteiger partial charge in [-0.25, -0.2) is 0 Å². The average molecular weight is 274 g/mol. The van der Waals surface area contributed by atoms with Crippen LogP contribution in [0.25, 0.3) is 0 Å². The highest BCUT2D eigenvalue weighted by molar-refractivity contribution is 5.79. The van der Waals surface area contributed by atoms with Crippen molar-refractivity contribution in [1.82, 2.24) is 10.2 Å². The van der Waals surface area contributed by atoms with Crippen molar-refractivity contribution in [3.05, 3.63) is 35.9 Å². The van der Waals surface area contributed by atoms with E-state index in [1.807, 2.05) is 6.07 Å². The molecule has 110 valence electrons. The highest BCUT2D eigenvalue weighted by Crippen LogP contribution is 2.28. The number of carbonyl (C=O) groups is 1. The Bertz CT molecular complexity index is 428. The largest absolute Gasteiger partial charge is 0.336 e. The quantitative estimate of drug-likeness (QED) is 0.865. The van der Waals surface area contributed by atoms with Crippen molar-refractivity contribution >= 4 is 5.91 Å². The number of nitrogens with one attached hydrogen (secondary N) is 1. The van der Waals surface area contributed by atoms with Crippen molar-refractivity contribution in [3.8, 4) is 0 Å². The Morgan fingerprint density at radius 2 is 1.95 bits per heavy atom. The molecule has 2 rings (SSSR count). The van der Waals surface area contributed by atoms with E-state index in [0.717, 1.165) is 26.1 Å². The van der Waals surface area contributed by atoms with Gasteiger partial charge in [0.1, 0.15) is 0 Å². The third-order valence-electron chi connectivity index (χ3n) is 4.48. The molecule has 0 aromatic heterocycles. The number of carbonyl (C=O) groups excluding carboxylic acids is 1. The van der Waals surface area contributed by atoms with Crippen LogP contribution in [0.15, 0.2) is 30.3 Å². The van der Waals surface area contributed by atoms with Gasteiger partial charge in [-0.3, -0.25) is 4.79 Å². The van der Waals surface area contributed by atoms with E-state index in [0.29, 0.717) is 11.8 Å². The van der Waals surface area contributed by atoms with E-state index in [1.54, 1.807) is 0 Å². The molecule has 1 aromatic rings. The molecule has 1 N–H and O–H groups in total. The minimum Gasteiger partial charge on any atom is -0.336 e. The van der Waals surface area contributed by atoms with Crippen LogP contribution in [0.5, 0.6) is 0 Å². The van der Waals surface area contributed by atoms with Crippen molar-refractivity contribution in [2.45, 2.75) is 33.2 Å². The van der Waals surface area contributed by atoms with Gasteiger partial charge in [0.05, 0.1) is 6.04 Å². The van der Waals surface area contributed by atoms with Gasteiger partial charge >= 0.3 is 0 Å². The molecule has 2 unspecified atom stereocenters. The summed E-state index contributed by atoms with van der Waals surface area (Å²) in [6.45, 7) is 9.04. The molecule has 1 aliphatic heterocycles. The van der Waals surface area contributed by atoms with E-state index in [4.69, 9.17) is 0 Å². The van der Waals surface area contributed by atoms with E-state index < -0.39 is 0 Å². The minimum atomic E-state index is 0.119. The Morgan fingerprint density at radius 1 is 1.30 bits per heavy atom. The summed E-state index contributed by atoms with van der Waals surface area (Å²) >= 11 is 0. The number of nitrogens with zero attached hydrogens (tertiary/aromatic N) is 1. The lowest BCUT2D eigenvalue weighted by atomic mass is 9.87. The van der Waals surface area contributed by atoms with Crippen LogP contribution in [0.3, 0.4) is 0 Å². The molecule has 1 fully saturated rings. The van der Waals surface area contributed by atoms with Crippen LogP contribution in [0, 0.1) is 11.8 Å². The molecule has 0 aliphatic carbocycles. The van der Waals surface area contributed by atoms with Gasteiger partial charge in [0.15, 0.2) is 0 Å². The molecule has 0 saturated carbocycles. The molecule has 1 aliphatic rings. The van der Waals surface area contributed by atoms with Gasteiger partial charge < -0.3 is 10.2 Å². The van der Waals surface area contributed by atoms with Crippen molar-refractivity contribution in [1.29, 1.82) is 0 Å². The van der Waals surface area contributed by atoms with Crippen LogP contribution in [-0.2, 0) is 4.79 Å².